The molecule has 2 heterocycles. The summed E-state index contributed by atoms with van der Waals surface area (Å²) in [6.45, 7) is 0. The van der Waals surface area contributed by atoms with Crippen molar-refractivity contribution in [1.82, 2.24) is 9.38 Å². The van der Waals surface area contributed by atoms with E-state index in [0.717, 1.165) is 16.2 Å². The fourth-order valence-corrected chi connectivity index (χ4v) is 3.92. The number of fused-ring (bicyclic) bond motifs is 2. The van der Waals surface area contributed by atoms with Crippen LogP contribution in [-0.4, -0.2) is 29.4 Å². The Morgan fingerprint density at radius 3 is 2.79 bits per heavy atom. The summed E-state index contributed by atoms with van der Waals surface area (Å²) in [5, 5.41) is 2.33. The lowest BCUT2D eigenvalue weighted by atomic mass is 10.1. The largest absolute Gasteiger partial charge is 0.493 e. The van der Waals surface area contributed by atoms with Crippen LogP contribution in [0.2, 0.25) is 5.15 Å². The summed E-state index contributed by atoms with van der Waals surface area (Å²) in [7, 11) is 3.14. The van der Waals surface area contributed by atoms with Gasteiger partial charge in [-0.1, -0.05) is 11.6 Å². The molecule has 0 bridgehead atoms. The van der Waals surface area contributed by atoms with Crippen molar-refractivity contribution >= 4 is 39.8 Å². The van der Waals surface area contributed by atoms with Crippen LogP contribution in [0.3, 0.4) is 0 Å². The number of allylic oxidation sites excluding steroid dienone is 1. The first kappa shape index (κ1) is 15.2. The van der Waals surface area contributed by atoms with E-state index in [2.05, 4.69) is 4.98 Å². The number of halogens is 1. The van der Waals surface area contributed by atoms with Gasteiger partial charge in [0.25, 0.3) is 0 Å². The van der Waals surface area contributed by atoms with E-state index in [-0.39, 0.29) is 5.78 Å². The second-order valence-corrected chi connectivity index (χ2v) is 6.61. The van der Waals surface area contributed by atoms with Crippen LogP contribution in [0.4, 0.5) is 0 Å². The first-order chi connectivity index (χ1) is 11.6. The molecule has 1 aromatic carbocycles. The highest BCUT2D eigenvalue weighted by molar-refractivity contribution is 7.15. The number of nitrogens with zero attached hydrogens (tertiary/aromatic N) is 2. The standard InChI is InChI=1S/C17H13ClN2O3S/c1-22-13-7-9-5-10(15(21)11(9)8-14(13)23-2)6-12-16(18)19-17-20(12)3-4-24-17/h3-4,6-8H,5H2,1-2H3. The average molecular weight is 361 g/mol. The number of rotatable bonds is 3. The van der Waals surface area contributed by atoms with Crippen molar-refractivity contribution < 1.29 is 14.3 Å². The zero-order chi connectivity index (χ0) is 16.8. The minimum Gasteiger partial charge on any atom is -0.493 e. The van der Waals surface area contributed by atoms with Gasteiger partial charge in [-0.2, -0.15) is 0 Å². The number of hydrogen-bond donors (Lipinski definition) is 0. The van der Waals surface area contributed by atoms with E-state index < -0.39 is 0 Å². The van der Waals surface area contributed by atoms with E-state index in [1.165, 1.54) is 11.3 Å². The Labute approximate surface area is 147 Å². The zero-order valence-electron chi connectivity index (χ0n) is 13.0. The maximum atomic E-state index is 12.7. The lowest BCUT2D eigenvalue weighted by Gasteiger charge is -2.08. The van der Waals surface area contributed by atoms with E-state index in [1.54, 1.807) is 20.3 Å². The highest BCUT2D eigenvalue weighted by Gasteiger charge is 2.28. The topological polar surface area (TPSA) is 52.8 Å². The second kappa shape index (κ2) is 5.65. The lowest BCUT2D eigenvalue weighted by Crippen LogP contribution is -1.98. The van der Waals surface area contributed by atoms with Crippen LogP contribution in [0.15, 0.2) is 29.3 Å². The van der Waals surface area contributed by atoms with Crippen molar-refractivity contribution in [2.45, 2.75) is 6.42 Å². The molecule has 2 aromatic heterocycles. The fraction of sp³-hybridized carbons (Fsp3) is 0.176. The first-order valence-corrected chi connectivity index (χ1v) is 8.49. The van der Waals surface area contributed by atoms with Gasteiger partial charge in [-0.05, 0) is 23.8 Å². The summed E-state index contributed by atoms with van der Waals surface area (Å²) in [4.78, 5) is 17.8. The van der Waals surface area contributed by atoms with Crippen molar-refractivity contribution in [1.29, 1.82) is 0 Å². The molecule has 0 N–H and O–H groups in total. The third kappa shape index (κ3) is 2.22. The molecular weight excluding hydrogens is 348 g/mol. The van der Waals surface area contributed by atoms with Gasteiger partial charge in [0.1, 0.15) is 0 Å². The molecule has 3 aromatic rings. The van der Waals surface area contributed by atoms with E-state index in [1.807, 2.05) is 28.1 Å². The quantitative estimate of drug-likeness (QED) is 0.665. The molecule has 4 rings (SSSR count). The third-order valence-electron chi connectivity index (χ3n) is 4.09. The van der Waals surface area contributed by atoms with Crippen molar-refractivity contribution in [3.63, 3.8) is 0 Å². The Hall–Kier alpha value is -2.31. The molecule has 1 aliphatic rings. The normalized spacial score (nSPS) is 15.3. The van der Waals surface area contributed by atoms with Gasteiger partial charge in [0.2, 0.25) is 0 Å². The molecule has 0 saturated heterocycles. The molecule has 0 fully saturated rings. The SMILES string of the molecule is COc1cc2c(cc1OC)C(=O)C(=Cc1c(Cl)nc3sccn13)C2. The van der Waals surface area contributed by atoms with E-state index in [4.69, 9.17) is 21.1 Å². The summed E-state index contributed by atoms with van der Waals surface area (Å²) < 4.78 is 12.5. The first-order valence-electron chi connectivity index (χ1n) is 7.23. The van der Waals surface area contributed by atoms with Crippen LogP contribution in [0.5, 0.6) is 11.5 Å². The van der Waals surface area contributed by atoms with Crippen molar-refractivity contribution in [2.24, 2.45) is 0 Å². The summed E-state index contributed by atoms with van der Waals surface area (Å²) in [5.74, 6) is 1.15. The molecule has 0 unspecified atom stereocenters. The van der Waals surface area contributed by atoms with Gasteiger partial charge in [0, 0.05) is 29.1 Å². The molecule has 24 heavy (non-hydrogen) atoms. The summed E-state index contributed by atoms with van der Waals surface area (Å²) >= 11 is 7.72. The van der Waals surface area contributed by atoms with Crippen LogP contribution >= 0.6 is 22.9 Å². The third-order valence-corrected chi connectivity index (χ3v) is 5.13. The number of ketones is 1. The monoisotopic (exact) mass is 360 g/mol. The number of carbonyl (C=O) groups is 1. The number of methoxy groups -OCH3 is 2. The second-order valence-electron chi connectivity index (χ2n) is 5.38. The molecule has 0 amide bonds. The molecule has 0 atom stereocenters. The van der Waals surface area contributed by atoms with E-state index in [0.29, 0.717) is 34.2 Å². The number of imidazole rings is 1. The van der Waals surface area contributed by atoms with Gasteiger partial charge in [0.05, 0.1) is 19.9 Å². The van der Waals surface area contributed by atoms with Gasteiger partial charge >= 0.3 is 0 Å². The van der Waals surface area contributed by atoms with Gasteiger partial charge < -0.3 is 9.47 Å². The summed E-state index contributed by atoms with van der Waals surface area (Å²) in [6.07, 6.45) is 4.24. The number of ether oxygens (including phenoxy) is 2. The number of aromatic nitrogens is 2. The van der Waals surface area contributed by atoms with Crippen molar-refractivity contribution in [3.05, 3.63) is 51.3 Å². The van der Waals surface area contributed by atoms with Crippen LogP contribution in [0.25, 0.3) is 11.0 Å². The van der Waals surface area contributed by atoms with E-state index in [9.17, 15) is 4.79 Å². The molecule has 122 valence electrons. The van der Waals surface area contributed by atoms with Crippen molar-refractivity contribution in [3.8, 4) is 11.5 Å². The smallest absolute Gasteiger partial charge is 0.195 e. The highest BCUT2D eigenvalue weighted by Crippen LogP contribution is 2.37. The minimum absolute atomic E-state index is 0.0211. The molecule has 0 aliphatic heterocycles. The molecule has 5 nitrogen and oxygen atoms in total. The Kier molecular flexibility index (Phi) is 3.58. The molecule has 7 heteroatoms. The predicted molar refractivity (Wildman–Crippen MR) is 93.6 cm³/mol. The predicted octanol–water partition coefficient (Wildman–Crippen LogP) is 3.89. The maximum absolute atomic E-state index is 12.7. The molecule has 1 aliphatic carbocycles. The zero-order valence-corrected chi connectivity index (χ0v) is 14.6. The Balaban J connectivity index is 1.80. The van der Waals surface area contributed by atoms with Crippen LogP contribution in [0, 0.1) is 0 Å². The summed E-state index contributed by atoms with van der Waals surface area (Å²) in [5.41, 5.74) is 2.96. The number of Topliss-reactive ketones (excluding diaryl/α,β-unsaturated/α-hetero) is 1. The lowest BCUT2D eigenvalue weighted by molar-refractivity contribution is 0.104. The number of carbonyl (C=O) groups excluding carboxylic acids is 1. The van der Waals surface area contributed by atoms with Gasteiger partial charge in [-0.3, -0.25) is 9.20 Å². The highest BCUT2D eigenvalue weighted by atomic mass is 35.5. The fourth-order valence-electron chi connectivity index (χ4n) is 2.92. The van der Waals surface area contributed by atoms with Gasteiger partial charge in [-0.15, -0.1) is 11.3 Å². The molecule has 0 radical (unpaired) electrons. The van der Waals surface area contributed by atoms with Gasteiger partial charge in [-0.25, -0.2) is 4.98 Å². The van der Waals surface area contributed by atoms with Gasteiger partial charge in [0.15, 0.2) is 27.4 Å². The van der Waals surface area contributed by atoms with Crippen LogP contribution in [-0.2, 0) is 6.42 Å². The minimum atomic E-state index is -0.0211. The average Bonchev–Trinajstić information content (AvgIpc) is 3.23. The van der Waals surface area contributed by atoms with E-state index >= 15 is 0 Å². The van der Waals surface area contributed by atoms with Crippen LogP contribution in [0.1, 0.15) is 21.6 Å². The Morgan fingerprint density at radius 2 is 2.04 bits per heavy atom. The molecule has 0 saturated carbocycles. The number of hydrogen-bond acceptors (Lipinski definition) is 5. The Morgan fingerprint density at radius 1 is 1.29 bits per heavy atom. The molecule has 0 spiro atoms. The number of thiazole rings is 1. The van der Waals surface area contributed by atoms with Crippen LogP contribution < -0.4 is 9.47 Å². The number of benzene rings is 1. The summed E-state index contributed by atoms with van der Waals surface area (Å²) in [6, 6.07) is 3.58. The molecular formula is C17H13ClN2O3S. The Bertz CT molecular complexity index is 1000. The van der Waals surface area contributed by atoms with Crippen molar-refractivity contribution in [2.75, 3.05) is 14.2 Å². The maximum Gasteiger partial charge on any atom is 0.195 e.